The second kappa shape index (κ2) is 5.52. The van der Waals surface area contributed by atoms with E-state index in [1.165, 1.54) is 24.3 Å². The molecule has 0 bridgehead atoms. The number of hydrogen-bond donors (Lipinski definition) is 2. The highest BCUT2D eigenvalue weighted by Gasteiger charge is 2.27. The first-order chi connectivity index (χ1) is 8.29. The van der Waals surface area contributed by atoms with Gasteiger partial charge in [-0.15, -0.1) is 0 Å². The van der Waals surface area contributed by atoms with Crippen LogP contribution in [0.5, 0.6) is 0 Å². The normalized spacial score (nSPS) is 11.1. The van der Waals surface area contributed by atoms with Crippen molar-refractivity contribution in [3.63, 3.8) is 0 Å². The Kier molecular flexibility index (Phi) is 4.30. The minimum absolute atomic E-state index is 0.0691. The van der Waals surface area contributed by atoms with Gasteiger partial charge in [-0.2, -0.15) is 13.2 Å². The third kappa shape index (κ3) is 4.44. The van der Waals surface area contributed by atoms with Crippen LogP contribution in [0.2, 0.25) is 0 Å². The van der Waals surface area contributed by atoms with Crippen LogP contribution < -0.4 is 11.1 Å². The lowest BCUT2D eigenvalue weighted by atomic mass is 10.0. The Morgan fingerprint density at radius 2 is 1.89 bits per heavy atom. The van der Waals surface area contributed by atoms with E-state index in [4.69, 9.17) is 5.73 Å². The van der Waals surface area contributed by atoms with Crippen LogP contribution in [0.15, 0.2) is 24.3 Å². The van der Waals surface area contributed by atoms with Gasteiger partial charge >= 0.3 is 6.18 Å². The van der Waals surface area contributed by atoms with Crippen LogP contribution in [0, 0.1) is 6.42 Å². The maximum absolute atomic E-state index is 11.9. The molecule has 7 heteroatoms. The highest BCUT2D eigenvalue weighted by Crippen LogP contribution is 2.13. The van der Waals surface area contributed by atoms with Crippen LogP contribution in [-0.2, 0) is 4.79 Å². The minimum atomic E-state index is -4.48. The van der Waals surface area contributed by atoms with E-state index in [1.54, 1.807) is 5.32 Å². The molecule has 2 amide bonds. The molecule has 0 unspecified atom stereocenters. The Morgan fingerprint density at radius 1 is 1.28 bits per heavy atom. The van der Waals surface area contributed by atoms with Gasteiger partial charge in [-0.3, -0.25) is 9.59 Å². The van der Waals surface area contributed by atoms with E-state index >= 15 is 0 Å². The monoisotopic (exact) mass is 259 g/mol. The predicted octanol–water partition coefficient (Wildman–Crippen LogP) is 1.02. The Balaban J connectivity index is 2.68. The van der Waals surface area contributed by atoms with Crippen LogP contribution in [0.4, 0.5) is 13.2 Å². The number of carbonyl (C=O) groups is 2. The molecule has 0 aromatic heterocycles. The summed E-state index contributed by atoms with van der Waals surface area (Å²) in [7, 11) is 0. The van der Waals surface area contributed by atoms with Crippen LogP contribution in [-0.4, -0.2) is 24.5 Å². The molecule has 0 aliphatic heterocycles. The number of rotatable bonds is 4. The lowest BCUT2D eigenvalue weighted by molar-refractivity contribution is -0.136. The maximum Gasteiger partial charge on any atom is 0.405 e. The standard InChI is InChI=1S/C11H10F3N2O2/c12-11(13,14)6-16-9(17)5-7-3-1-2-4-8(7)10(15)18/h1-5H,6H2,(H2,15,18)(H,16,17). The van der Waals surface area contributed by atoms with Gasteiger partial charge in [0.25, 0.3) is 0 Å². The minimum Gasteiger partial charge on any atom is -0.366 e. The number of carbonyl (C=O) groups excluding carboxylic acids is 2. The molecule has 3 N–H and O–H groups in total. The molecule has 97 valence electrons. The van der Waals surface area contributed by atoms with Crippen LogP contribution in [0.25, 0.3) is 0 Å². The number of hydrogen-bond acceptors (Lipinski definition) is 2. The molecular weight excluding hydrogens is 249 g/mol. The van der Waals surface area contributed by atoms with Gasteiger partial charge < -0.3 is 11.1 Å². The van der Waals surface area contributed by atoms with Crippen molar-refractivity contribution in [1.29, 1.82) is 0 Å². The average Bonchev–Trinajstić information content (AvgIpc) is 2.26. The zero-order valence-electron chi connectivity index (χ0n) is 9.12. The second-order valence-corrected chi connectivity index (χ2v) is 3.43. The first kappa shape index (κ1) is 14.0. The van der Waals surface area contributed by atoms with E-state index in [2.05, 4.69) is 0 Å². The highest BCUT2D eigenvalue weighted by atomic mass is 19.4. The van der Waals surface area contributed by atoms with Gasteiger partial charge in [0.15, 0.2) is 0 Å². The summed E-state index contributed by atoms with van der Waals surface area (Å²) in [6.07, 6.45) is -3.58. The molecule has 1 aromatic carbocycles. The summed E-state index contributed by atoms with van der Waals surface area (Å²) in [5.74, 6) is -1.70. The van der Waals surface area contributed by atoms with E-state index in [1.807, 2.05) is 0 Å². The first-order valence-electron chi connectivity index (χ1n) is 4.88. The molecular formula is C11H10F3N2O2. The Labute approximate surface area is 101 Å². The molecule has 0 fully saturated rings. The van der Waals surface area contributed by atoms with Crippen molar-refractivity contribution in [2.75, 3.05) is 6.54 Å². The zero-order valence-corrected chi connectivity index (χ0v) is 9.12. The number of nitrogens with one attached hydrogen (secondary N) is 1. The maximum atomic E-state index is 11.9. The quantitative estimate of drug-likeness (QED) is 0.847. The van der Waals surface area contributed by atoms with Gasteiger partial charge in [0.2, 0.25) is 11.8 Å². The van der Waals surface area contributed by atoms with E-state index in [9.17, 15) is 22.8 Å². The molecule has 18 heavy (non-hydrogen) atoms. The Bertz CT molecular complexity index is 458. The lowest BCUT2D eigenvalue weighted by Gasteiger charge is -2.09. The van der Waals surface area contributed by atoms with Gasteiger partial charge in [-0.1, -0.05) is 18.2 Å². The van der Waals surface area contributed by atoms with Gasteiger partial charge in [-0.25, -0.2) is 0 Å². The summed E-state index contributed by atoms with van der Waals surface area (Å²) >= 11 is 0. The number of alkyl halides is 3. The molecule has 0 aliphatic carbocycles. The Morgan fingerprint density at radius 3 is 2.44 bits per heavy atom. The van der Waals surface area contributed by atoms with E-state index in [0.29, 0.717) is 0 Å². The van der Waals surface area contributed by atoms with Crippen molar-refractivity contribution >= 4 is 11.8 Å². The molecule has 0 aliphatic rings. The van der Waals surface area contributed by atoms with Gasteiger partial charge in [0, 0.05) is 5.56 Å². The largest absolute Gasteiger partial charge is 0.405 e. The summed E-state index contributed by atoms with van der Waals surface area (Å²) in [4.78, 5) is 22.2. The fraction of sp³-hybridized carbons (Fsp3) is 0.182. The van der Waals surface area contributed by atoms with E-state index < -0.39 is 24.5 Å². The summed E-state index contributed by atoms with van der Waals surface area (Å²) < 4.78 is 35.6. The number of benzene rings is 1. The number of amides is 2. The zero-order chi connectivity index (χ0) is 13.8. The summed E-state index contributed by atoms with van der Waals surface area (Å²) in [5.41, 5.74) is 5.30. The van der Waals surface area contributed by atoms with Gasteiger partial charge in [0.1, 0.15) is 6.54 Å². The molecule has 0 spiro atoms. The molecule has 0 atom stereocenters. The fourth-order valence-corrected chi connectivity index (χ4v) is 1.23. The molecule has 1 rings (SSSR count). The molecule has 0 heterocycles. The third-order valence-corrected chi connectivity index (χ3v) is 1.98. The molecule has 0 saturated heterocycles. The lowest BCUT2D eigenvalue weighted by Crippen LogP contribution is -2.34. The molecule has 4 nitrogen and oxygen atoms in total. The predicted molar refractivity (Wildman–Crippen MR) is 57.4 cm³/mol. The summed E-state index contributed by atoms with van der Waals surface area (Å²) in [6, 6.07) is 5.86. The van der Waals surface area contributed by atoms with Crippen molar-refractivity contribution < 1.29 is 22.8 Å². The van der Waals surface area contributed by atoms with E-state index in [-0.39, 0.29) is 11.1 Å². The van der Waals surface area contributed by atoms with Crippen molar-refractivity contribution in [2.24, 2.45) is 5.73 Å². The van der Waals surface area contributed by atoms with E-state index in [0.717, 1.165) is 6.42 Å². The molecule has 1 aromatic rings. The third-order valence-electron chi connectivity index (χ3n) is 1.98. The summed E-state index contributed by atoms with van der Waals surface area (Å²) in [6.45, 7) is -1.43. The van der Waals surface area contributed by atoms with Crippen molar-refractivity contribution in [3.05, 3.63) is 41.8 Å². The first-order valence-corrected chi connectivity index (χ1v) is 4.88. The average molecular weight is 259 g/mol. The highest BCUT2D eigenvalue weighted by molar-refractivity contribution is 5.98. The van der Waals surface area contributed by atoms with Gasteiger partial charge in [-0.05, 0) is 11.6 Å². The fourth-order valence-electron chi connectivity index (χ4n) is 1.23. The van der Waals surface area contributed by atoms with Crippen LogP contribution >= 0.6 is 0 Å². The second-order valence-electron chi connectivity index (χ2n) is 3.43. The summed E-state index contributed by atoms with van der Waals surface area (Å²) in [5, 5.41) is 1.67. The Hall–Kier alpha value is -2.05. The SMILES string of the molecule is NC(=O)c1ccccc1[CH]C(=O)NCC(F)(F)F. The molecule has 1 radical (unpaired) electrons. The number of halogens is 3. The van der Waals surface area contributed by atoms with Crippen molar-refractivity contribution in [2.45, 2.75) is 6.18 Å². The molecule has 0 saturated carbocycles. The number of primary amides is 1. The van der Waals surface area contributed by atoms with Gasteiger partial charge in [0.05, 0.1) is 6.42 Å². The van der Waals surface area contributed by atoms with Crippen molar-refractivity contribution in [3.8, 4) is 0 Å². The van der Waals surface area contributed by atoms with Crippen molar-refractivity contribution in [1.82, 2.24) is 5.32 Å². The number of nitrogens with two attached hydrogens (primary N) is 1. The van der Waals surface area contributed by atoms with Crippen LogP contribution in [0.1, 0.15) is 15.9 Å². The topological polar surface area (TPSA) is 72.2 Å². The van der Waals surface area contributed by atoms with Crippen LogP contribution in [0.3, 0.4) is 0 Å². The smallest absolute Gasteiger partial charge is 0.366 e.